The highest BCUT2D eigenvalue weighted by atomic mass is 32.2. The Bertz CT molecular complexity index is 490. The van der Waals surface area contributed by atoms with Crippen LogP contribution in [0.1, 0.15) is 24.0 Å². The highest BCUT2D eigenvalue weighted by molar-refractivity contribution is 7.91. The maximum absolute atomic E-state index is 11.6. The van der Waals surface area contributed by atoms with Crippen LogP contribution < -0.4 is 0 Å². The van der Waals surface area contributed by atoms with Gasteiger partial charge in [-0.05, 0) is 17.5 Å². The van der Waals surface area contributed by atoms with Crippen molar-refractivity contribution < 1.29 is 13.5 Å². The standard InChI is InChI=1S/C13H18O3S/c1-3-9-4-6-10(7-5-9)12-11(8-14)13(12)17(2,15)16/h4-7,11-14H,3,8H2,1-2H3/t11-,12+,13+/m1/s1. The quantitative estimate of drug-likeness (QED) is 0.883. The summed E-state index contributed by atoms with van der Waals surface area (Å²) in [6.45, 7) is 2.03. The zero-order chi connectivity index (χ0) is 12.6. The number of hydrogen-bond donors (Lipinski definition) is 1. The van der Waals surface area contributed by atoms with Crippen molar-refractivity contribution in [3.05, 3.63) is 35.4 Å². The Morgan fingerprint density at radius 3 is 2.18 bits per heavy atom. The molecule has 1 aromatic carbocycles. The third kappa shape index (κ3) is 2.38. The van der Waals surface area contributed by atoms with E-state index in [2.05, 4.69) is 6.92 Å². The lowest BCUT2D eigenvalue weighted by Gasteiger charge is -2.01. The van der Waals surface area contributed by atoms with Crippen molar-refractivity contribution in [1.29, 1.82) is 0 Å². The highest BCUT2D eigenvalue weighted by Gasteiger charge is 2.56. The van der Waals surface area contributed by atoms with Gasteiger partial charge in [-0.3, -0.25) is 0 Å². The molecule has 1 fully saturated rings. The first kappa shape index (κ1) is 12.6. The number of aryl methyl sites for hydroxylation is 1. The SMILES string of the molecule is CCc1ccc([C@H]2[C@@H](CO)[C@@H]2S(C)(=O)=O)cc1. The predicted octanol–water partition coefficient (Wildman–Crippen LogP) is 1.37. The lowest BCUT2D eigenvalue weighted by molar-refractivity contribution is 0.274. The van der Waals surface area contributed by atoms with Crippen molar-refractivity contribution in [2.45, 2.75) is 24.5 Å². The molecule has 1 aromatic rings. The van der Waals surface area contributed by atoms with E-state index in [1.54, 1.807) is 0 Å². The van der Waals surface area contributed by atoms with Crippen molar-refractivity contribution >= 4 is 9.84 Å². The molecular formula is C13H18O3S. The van der Waals surface area contributed by atoms with E-state index in [-0.39, 0.29) is 18.4 Å². The molecular weight excluding hydrogens is 236 g/mol. The predicted molar refractivity (Wildman–Crippen MR) is 67.8 cm³/mol. The Hall–Kier alpha value is -0.870. The van der Waals surface area contributed by atoms with Crippen molar-refractivity contribution in [2.75, 3.05) is 12.9 Å². The molecule has 1 aliphatic rings. The molecule has 94 valence electrons. The minimum Gasteiger partial charge on any atom is -0.396 e. The number of sulfone groups is 1. The van der Waals surface area contributed by atoms with Crippen molar-refractivity contribution in [3.63, 3.8) is 0 Å². The Morgan fingerprint density at radius 1 is 1.24 bits per heavy atom. The van der Waals surface area contributed by atoms with Gasteiger partial charge in [0.2, 0.25) is 0 Å². The second-order valence-corrected chi connectivity index (χ2v) is 6.96. The molecule has 4 heteroatoms. The van der Waals surface area contributed by atoms with E-state index in [9.17, 15) is 13.5 Å². The van der Waals surface area contributed by atoms with Crippen LogP contribution in [0.5, 0.6) is 0 Å². The molecule has 0 bridgehead atoms. The van der Waals surface area contributed by atoms with Gasteiger partial charge in [-0.1, -0.05) is 31.2 Å². The minimum absolute atomic E-state index is 0.0269. The molecule has 0 radical (unpaired) electrons. The summed E-state index contributed by atoms with van der Waals surface area (Å²) >= 11 is 0. The third-order valence-corrected chi connectivity index (χ3v) is 5.21. The smallest absolute Gasteiger partial charge is 0.151 e. The van der Waals surface area contributed by atoms with Crippen LogP contribution in [0.2, 0.25) is 0 Å². The number of benzene rings is 1. The Morgan fingerprint density at radius 2 is 1.82 bits per heavy atom. The van der Waals surface area contributed by atoms with Gasteiger partial charge in [-0.15, -0.1) is 0 Å². The van der Waals surface area contributed by atoms with E-state index in [4.69, 9.17) is 0 Å². The maximum atomic E-state index is 11.6. The molecule has 0 amide bonds. The van der Waals surface area contributed by atoms with Gasteiger partial charge in [0.1, 0.15) is 0 Å². The van der Waals surface area contributed by atoms with E-state index in [0.717, 1.165) is 12.0 Å². The first-order chi connectivity index (χ1) is 7.99. The molecule has 0 aliphatic heterocycles. The average molecular weight is 254 g/mol. The van der Waals surface area contributed by atoms with Crippen molar-refractivity contribution in [3.8, 4) is 0 Å². The molecule has 1 N–H and O–H groups in total. The van der Waals surface area contributed by atoms with Gasteiger partial charge in [-0.2, -0.15) is 0 Å². The van der Waals surface area contributed by atoms with Crippen LogP contribution in [0.15, 0.2) is 24.3 Å². The normalized spacial score (nSPS) is 28.1. The molecule has 0 heterocycles. The summed E-state index contributed by atoms with van der Waals surface area (Å²) in [4.78, 5) is 0. The molecule has 0 aromatic heterocycles. The van der Waals surface area contributed by atoms with E-state index in [1.165, 1.54) is 11.8 Å². The van der Waals surface area contributed by atoms with Crippen LogP contribution in [0.4, 0.5) is 0 Å². The summed E-state index contributed by atoms with van der Waals surface area (Å²) in [5.74, 6) is -0.154. The van der Waals surface area contributed by atoms with Gasteiger partial charge < -0.3 is 5.11 Å². The molecule has 17 heavy (non-hydrogen) atoms. The fourth-order valence-corrected chi connectivity index (χ4v) is 4.25. The molecule has 2 rings (SSSR count). The second-order valence-electron chi connectivity index (χ2n) is 4.76. The van der Waals surface area contributed by atoms with Gasteiger partial charge in [0.25, 0.3) is 0 Å². The van der Waals surface area contributed by atoms with Crippen LogP contribution >= 0.6 is 0 Å². The molecule has 0 spiro atoms. The molecule has 3 nitrogen and oxygen atoms in total. The number of hydrogen-bond acceptors (Lipinski definition) is 3. The summed E-state index contributed by atoms with van der Waals surface area (Å²) in [5.41, 5.74) is 2.27. The first-order valence-corrected chi connectivity index (χ1v) is 7.83. The monoisotopic (exact) mass is 254 g/mol. The van der Waals surface area contributed by atoms with Crippen molar-refractivity contribution in [2.24, 2.45) is 5.92 Å². The first-order valence-electron chi connectivity index (χ1n) is 5.87. The van der Waals surface area contributed by atoms with E-state index in [1.807, 2.05) is 24.3 Å². The number of aliphatic hydroxyl groups is 1. The van der Waals surface area contributed by atoms with Crippen molar-refractivity contribution in [1.82, 2.24) is 0 Å². The van der Waals surface area contributed by atoms with Gasteiger partial charge in [0, 0.05) is 24.7 Å². The summed E-state index contributed by atoms with van der Waals surface area (Å²) in [5, 5.41) is 8.81. The average Bonchev–Trinajstić information content (AvgIpc) is 3.03. The van der Waals surface area contributed by atoms with Gasteiger partial charge >= 0.3 is 0 Å². The van der Waals surface area contributed by atoms with Crippen LogP contribution in [0.25, 0.3) is 0 Å². The van der Waals surface area contributed by atoms with Crippen LogP contribution in [0, 0.1) is 5.92 Å². The van der Waals surface area contributed by atoms with Crippen LogP contribution in [-0.4, -0.2) is 31.6 Å². The third-order valence-electron chi connectivity index (χ3n) is 3.57. The molecule has 1 aliphatic carbocycles. The maximum Gasteiger partial charge on any atom is 0.151 e. The number of rotatable bonds is 4. The lowest BCUT2D eigenvalue weighted by Crippen LogP contribution is -2.08. The Labute approximate surface area is 102 Å². The summed E-state index contributed by atoms with van der Waals surface area (Å²) in [6.07, 6.45) is 2.23. The van der Waals surface area contributed by atoms with Gasteiger partial charge in [-0.25, -0.2) is 8.42 Å². The Kier molecular flexibility index (Phi) is 3.27. The number of aliphatic hydroxyl groups excluding tert-OH is 1. The second kappa shape index (κ2) is 4.42. The molecule has 3 atom stereocenters. The van der Waals surface area contributed by atoms with E-state index < -0.39 is 15.1 Å². The topological polar surface area (TPSA) is 54.4 Å². The fraction of sp³-hybridized carbons (Fsp3) is 0.538. The largest absolute Gasteiger partial charge is 0.396 e. The summed E-state index contributed by atoms with van der Waals surface area (Å²) < 4.78 is 23.1. The van der Waals surface area contributed by atoms with Gasteiger partial charge in [0.05, 0.1) is 5.25 Å². The molecule has 1 saturated carbocycles. The van der Waals surface area contributed by atoms with E-state index in [0.29, 0.717) is 0 Å². The molecule has 0 saturated heterocycles. The lowest BCUT2D eigenvalue weighted by atomic mass is 10.1. The summed E-state index contributed by atoms with van der Waals surface area (Å²) in [6, 6.07) is 8.03. The minimum atomic E-state index is -3.06. The van der Waals surface area contributed by atoms with E-state index >= 15 is 0 Å². The zero-order valence-electron chi connectivity index (χ0n) is 10.1. The van der Waals surface area contributed by atoms with Gasteiger partial charge in [0.15, 0.2) is 9.84 Å². The Balaban J connectivity index is 2.23. The van der Waals surface area contributed by atoms with Crippen LogP contribution in [-0.2, 0) is 16.3 Å². The van der Waals surface area contributed by atoms with Crippen LogP contribution in [0.3, 0.4) is 0 Å². The fourth-order valence-electron chi connectivity index (χ4n) is 2.56. The molecule has 0 unspecified atom stereocenters. The highest BCUT2D eigenvalue weighted by Crippen LogP contribution is 2.51. The zero-order valence-corrected chi connectivity index (χ0v) is 10.9. The summed E-state index contributed by atoms with van der Waals surface area (Å²) in [7, 11) is -3.06.